The standard InChI is InChI=1S/C27H33N7O5/c1-17(15-38-3)30-22-10-24(29-12-21(22)11-28)32-27(37)34-7-4-5-18-9-20(23(14-35)31-25(18)34)13-33(2)26(36)19-6-8-39-16-19/h9-10,12,14,17,19H,4-8,13,15-16H2,1-3H3,(H2,29,30,32,37). The van der Waals surface area contributed by atoms with E-state index in [0.29, 0.717) is 74.5 Å². The Balaban J connectivity index is 1.52. The van der Waals surface area contributed by atoms with Crippen molar-refractivity contribution in [3.8, 4) is 6.07 Å². The summed E-state index contributed by atoms with van der Waals surface area (Å²) in [5.74, 6) is 0.475. The first-order valence-electron chi connectivity index (χ1n) is 12.9. The second-order valence-corrected chi connectivity index (χ2v) is 9.80. The summed E-state index contributed by atoms with van der Waals surface area (Å²) in [5, 5.41) is 15.4. The number of hydrogen-bond acceptors (Lipinski definition) is 9. The van der Waals surface area contributed by atoms with Crippen molar-refractivity contribution >= 4 is 35.5 Å². The molecule has 2 aliphatic heterocycles. The minimum atomic E-state index is -0.449. The van der Waals surface area contributed by atoms with Crippen molar-refractivity contribution in [2.24, 2.45) is 5.92 Å². The number of pyridine rings is 2. The molecule has 0 aliphatic carbocycles. The summed E-state index contributed by atoms with van der Waals surface area (Å²) in [6.45, 7) is 3.98. The van der Waals surface area contributed by atoms with Crippen LogP contribution in [-0.4, -0.2) is 79.7 Å². The van der Waals surface area contributed by atoms with Gasteiger partial charge in [0.1, 0.15) is 23.4 Å². The molecule has 4 heterocycles. The molecule has 0 aromatic carbocycles. The first-order valence-corrected chi connectivity index (χ1v) is 12.9. The average molecular weight is 536 g/mol. The van der Waals surface area contributed by atoms with Crippen LogP contribution in [0.4, 0.5) is 22.1 Å². The van der Waals surface area contributed by atoms with Crippen LogP contribution in [0, 0.1) is 17.2 Å². The number of nitrogens with zero attached hydrogens (tertiary/aromatic N) is 5. The van der Waals surface area contributed by atoms with E-state index in [0.717, 1.165) is 5.56 Å². The second-order valence-electron chi connectivity index (χ2n) is 9.80. The Kier molecular flexibility index (Phi) is 9.06. The molecule has 206 valence electrons. The third-order valence-electron chi connectivity index (χ3n) is 6.77. The summed E-state index contributed by atoms with van der Waals surface area (Å²) in [6, 6.07) is 5.04. The fourth-order valence-electron chi connectivity index (χ4n) is 4.82. The van der Waals surface area contributed by atoms with Gasteiger partial charge in [0.25, 0.3) is 0 Å². The number of hydrogen-bond donors (Lipinski definition) is 2. The van der Waals surface area contributed by atoms with Gasteiger partial charge in [-0.05, 0) is 37.8 Å². The summed E-state index contributed by atoms with van der Waals surface area (Å²) in [6.07, 6.45) is 4.13. The fourth-order valence-corrected chi connectivity index (χ4v) is 4.82. The van der Waals surface area contributed by atoms with Crippen molar-refractivity contribution in [2.45, 2.75) is 38.8 Å². The normalized spacial score (nSPS) is 17.1. The monoisotopic (exact) mass is 535 g/mol. The molecule has 2 aromatic rings. The molecule has 1 fully saturated rings. The number of amides is 3. The maximum absolute atomic E-state index is 13.3. The third kappa shape index (κ3) is 6.50. The van der Waals surface area contributed by atoms with E-state index in [-0.39, 0.29) is 35.9 Å². The molecule has 1 saturated heterocycles. The van der Waals surface area contributed by atoms with Crippen molar-refractivity contribution < 1.29 is 23.9 Å². The Morgan fingerprint density at radius 1 is 1.41 bits per heavy atom. The van der Waals surface area contributed by atoms with Crippen molar-refractivity contribution in [2.75, 3.05) is 56.1 Å². The highest BCUT2D eigenvalue weighted by Gasteiger charge is 2.29. The molecule has 0 radical (unpaired) electrons. The molecule has 12 heteroatoms. The van der Waals surface area contributed by atoms with Crippen LogP contribution in [0.15, 0.2) is 18.3 Å². The molecule has 0 saturated carbocycles. The summed E-state index contributed by atoms with van der Waals surface area (Å²) < 4.78 is 10.5. The molecule has 2 aromatic heterocycles. The predicted molar refractivity (Wildman–Crippen MR) is 144 cm³/mol. The van der Waals surface area contributed by atoms with Gasteiger partial charge in [-0.3, -0.25) is 19.8 Å². The van der Waals surface area contributed by atoms with E-state index in [1.165, 1.54) is 11.1 Å². The first kappa shape index (κ1) is 27.9. The Morgan fingerprint density at radius 2 is 2.23 bits per heavy atom. The molecular weight excluding hydrogens is 502 g/mol. The Morgan fingerprint density at radius 3 is 2.92 bits per heavy atom. The van der Waals surface area contributed by atoms with E-state index in [9.17, 15) is 19.6 Å². The van der Waals surface area contributed by atoms with Gasteiger partial charge in [-0.2, -0.15) is 5.26 Å². The molecule has 4 rings (SSSR count). The Labute approximate surface area is 227 Å². The van der Waals surface area contributed by atoms with Gasteiger partial charge in [-0.1, -0.05) is 0 Å². The van der Waals surface area contributed by atoms with E-state index in [4.69, 9.17) is 9.47 Å². The van der Waals surface area contributed by atoms with Gasteiger partial charge < -0.3 is 19.7 Å². The molecule has 2 atom stereocenters. The highest BCUT2D eigenvalue weighted by molar-refractivity contribution is 6.02. The number of aromatic nitrogens is 2. The minimum Gasteiger partial charge on any atom is -0.383 e. The van der Waals surface area contributed by atoms with Gasteiger partial charge in [0.05, 0.1) is 30.4 Å². The highest BCUT2D eigenvalue weighted by Crippen LogP contribution is 2.29. The largest absolute Gasteiger partial charge is 0.383 e. The summed E-state index contributed by atoms with van der Waals surface area (Å²) in [5.41, 5.74) is 2.51. The topological polar surface area (TPSA) is 150 Å². The first-order chi connectivity index (χ1) is 18.8. The van der Waals surface area contributed by atoms with Crippen molar-refractivity contribution in [3.05, 3.63) is 40.7 Å². The minimum absolute atomic E-state index is 0.0246. The zero-order valence-corrected chi connectivity index (χ0v) is 22.4. The van der Waals surface area contributed by atoms with E-state index < -0.39 is 6.03 Å². The number of urea groups is 1. The SMILES string of the molecule is COCC(C)Nc1cc(NC(=O)N2CCCc3cc(CN(C)C(=O)C4CCOC4)c(C=O)nc32)ncc1C#N. The zero-order valence-electron chi connectivity index (χ0n) is 22.4. The van der Waals surface area contributed by atoms with Gasteiger partial charge >= 0.3 is 6.03 Å². The predicted octanol–water partition coefficient (Wildman–Crippen LogP) is 2.59. The van der Waals surface area contributed by atoms with Gasteiger partial charge in [0.15, 0.2) is 6.29 Å². The quantitative estimate of drug-likeness (QED) is 0.462. The van der Waals surface area contributed by atoms with Crippen LogP contribution in [0.1, 0.15) is 46.9 Å². The smallest absolute Gasteiger partial charge is 0.328 e. The van der Waals surface area contributed by atoms with Gasteiger partial charge in [-0.15, -0.1) is 0 Å². The number of methoxy groups -OCH3 is 1. The molecule has 3 amide bonds. The lowest BCUT2D eigenvalue weighted by molar-refractivity contribution is -0.134. The summed E-state index contributed by atoms with van der Waals surface area (Å²) in [4.78, 5) is 49.8. The molecule has 39 heavy (non-hydrogen) atoms. The lowest BCUT2D eigenvalue weighted by atomic mass is 10.0. The molecular formula is C27H33N7O5. The average Bonchev–Trinajstić information content (AvgIpc) is 3.47. The Hall–Kier alpha value is -4.08. The highest BCUT2D eigenvalue weighted by atomic mass is 16.5. The maximum atomic E-state index is 13.3. The van der Waals surface area contributed by atoms with Crippen molar-refractivity contribution in [1.29, 1.82) is 5.26 Å². The number of carbonyl (C=O) groups excluding carboxylic acids is 3. The van der Waals surface area contributed by atoms with E-state index in [2.05, 4.69) is 26.7 Å². The van der Waals surface area contributed by atoms with Gasteiger partial charge in [0, 0.05) is 57.7 Å². The molecule has 0 bridgehead atoms. The Bertz CT molecular complexity index is 1270. The fraction of sp³-hybridized carbons (Fsp3) is 0.481. The molecule has 12 nitrogen and oxygen atoms in total. The number of ether oxygens (including phenoxy) is 2. The van der Waals surface area contributed by atoms with E-state index in [1.54, 1.807) is 25.1 Å². The van der Waals surface area contributed by atoms with Crippen LogP contribution in [0.5, 0.6) is 0 Å². The van der Waals surface area contributed by atoms with E-state index >= 15 is 0 Å². The number of nitriles is 1. The van der Waals surface area contributed by atoms with Crippen LogP contribution in [0.2, 0.25) is 0 Å². The number of anilines is 3. The van der Waals surface area contributed by atoms with Crippen LogP contribution in [0.3, 0.4) is 0 Å². The molecule has 0 spiro atoms. The van der Waals surface area contributed by atoms with Crippen molar-refractivity contribution in [3.63, 3.8) is 0 Å². The van der Waals surface area contributed by atoms with E-state index in [1.807, 2.05) is 13.0 Å². The van der Waals surface area contributed by atoms with Crippen LogP contribution < -0.4 is 15.5 Å². The lowest BCUT2D eigenvalue weighted by Gasteiger charge is -2.30. The number of fused-ring (bicyclic) bond motifs is 1. The maximum Gasteiger partial charge on any atom is 0.328 e. The van der Waals surface area contributed by atoms with Gasteiger partial charge in [-0.25, -0.2) is 14.8 Å². The summed E-state index contributed by atoms with van der Waals surface area (Å²) >= 11 is 0. The number of aldehydes is 1. The van der Waals surface area contributed by atoms with Crippen LogP contribution in [0.25, 0.3) is 0 Å². The van der Waals surface area contributed by atoms with Crippen LogP contribution in [-0.2, 0) is 27.2 Å². The molecule has 2 N–H and O–H groups in total. The van der Waals surface area contributed by atoms with Crippen LogP contribution >= 0.6 is 0 Å². The lowest BCUT2D eigenvalue weighted by Crippen LogP contribution is -2.40. The zero-order chi connectivity index (χ0) is 27.9. The molecule has 2 unspecified atom stereocenters. The number of aryl methyl sites for hydroxylation is 1. The summed E-state index contributed by atoms with van der Waals surface area (Å²) in [7, 11) is 3.30. The number of nitrogens with one attached hydrogen (secondary N) is 2. The second kappa shape index (κ2) is 12.6. The third-order valence-corrected chi connectivity index (χ3v) is 6.77. The van der Waals surface area contributed by atoms with Crippen molar-refractivity contribution in [1.82, 2.24) is 14.9 Å². The number of rotatable bonds is 9. The van der Waals surface area contributed by atoms with Gasteiger partial charge in [0.2, 0.25) is 5.91 Å². The number of carbonyl (C=O) groups is 3. The molecule has 2 aliphatic rings.